The van der Waals surface area contributed by atoms with E-state index in [1.165, 1.54) is 55.6 Å². The minimum absolute atomic E-state index is 0. The number of ether oxygens (including phenoxy) is 1. The van der Waals surface area contributed by atoms with E-state index in [-0.39, 0.29) is 42.7 Å². The first-order chi connectivity index (χ1) is 26.7. The third kappa shape index (κ3) is 5.95. The Kier molecular flexibility index (Phi) is 9.03. The Morgan fingerprint density at radius 1 is 0.621 bits per heavy atom. The van der Waals surface area contributed by atoms with E-state index in [2.05, 4.69) is 183 Å². The molecule has 0 saturated heterocycles. The van der Waals surface area contributed by atoms with Crippen LogP contribution in [0.25, 0.3) is 33.5 Å². The van der Waals surface area contributed by atoms with Crippen molar-refractivity contribution >= 4 is 11.0 Å². The molecule has 9 rings (SSSR count). The standard InChI is InChI=1S/C51H53N5O.Pt/c1-47(2,3)31-24-36-37-25-32(48(4,5)6)27-41(50(10,11)12)45(37)51(44(36)40(26-31)49(7,8)9)38-21-20-35(57-34-17-14-16-33(28-34)56-52-22-23-53-56)29-43(38)55-30-54(13)42-19-15-18-39(51)46(42)55;/h14-27H,1-13H3;/q-2;. The van der Waals surface area contributed by atoms with E-state index in [0.29, 0.717) is 17.2 Å². The number of benzene rings is 5. The molecule has 0 unspecified atom stereocenters. The van der Waals surface area contributed by atoms with Crippen molar-refractivity contribution in [3.63, 3.8) is 0 Å². The fraction of sp³-hybridized carbons (Fsp3) is 0.353. The topological polar surface area (TPSA) is 48.8 Å². The summed E-state index contributed by atoms with van der Waals surface area (Å²) in [5, 5.41) is 8.60. The third-order valence-electron chi connectivity index (χ3n) is 12.1. The van der Waals surface area contributed by atoms with Crippen LogP contribution in [0.2, 0.25) is 0 Å². The van der Waals surface area contributed by atoms with Crippen LogP contribution in [-0.2, 0) is 55.2 Å². The predicted octanol–water partition coefficient (Wildman–Crippen LogP) is 11.1. The van der Waals surface area contributed by atoms with Crippen molar-refractivity contribution in [2.24, 2.45) is 7.05 Å². The Morgan fingerprint density at radius 2 is 1.17 bits per heavy atom. The van der Waals surface area contributed by atoms with Crippen LogP contribution in [0.5, 0.6) is 11.5 Å². The van der Waals surface area contributed by atoms with Crippen LogP contribution in [0.15, 0.2) is 85.2 Å². The van der Waals surface area contributed by atoms with Gasteiger partial charge in [-0.25, -0.2) is 0 Å². The molecular weight excluding hydrogens is 894 g/mol. The zero-order chi connectivity index (χ0) is 40.6. The number of imidazole rings is 1. The first-order valence-electron chi connectivity index (χ1n) is 20.2. The predicted molar refractivity (Wildman–Crippen MR) is 228 cm³/mol. The van der Waals surface area contributed by atoms with Crippen LogP contribution in [0, 0.1) is 18.5 Å². The van der Waals surface area contributed by atoms with Gasteiger partial charge in [0.05, 0.1) is 30.5 Å². The average molecular weight is 947 g/mol. The van der Waals surface area contributed by atoms with Crippen molar-refractivity contribution in [2.75, 3.05) is 0 Å². The number of fused-ring (bicyclic) bond motifs is 9. The van der Waals surface area contributed by atoms with Gasteiger partial charge in [0.1, 0.15) is 0 Å². The van der Waals surface area contributed by atoms with Gasteiger partial charge < -0.3 is 13.9 Å². The van der Waals surface area contributed by atoms with Gasteiger partial charge in [-0.2, -0.15) is 27.1 Å². The molecule has 0 atom stereocenters. The Labute approximate surface area is 358 Å². The summed E-state index contributed by atoms with van der Waals surface area (Å²) in [5.74, 6) is 1.16. The van der Waals surface area contributed by atoms with E-state index < -0.39 is 5.41 Å². The van der Waals surface area contributed by atoms with Crippen molar-refractivity contribution < 1.29 is 30.4 Å². The molecule has 58 heavy (non-hydrogen) atoms. The maximum Gasteiger partial charge on any atom is 0.242 e. The summed E-state index contributed by atoms with van der Waals surface area (Å²) in [5.41, 5.74) is 16.0. The van der Waals surface area contributed by atoms with Gasteiger partial charge in [-0.1, -0.05) is 131 Å². The summed E-state index contributed by atoms with van der Waals surface area (Å²) in [7, 11) is 2.09. The van der Waals surface area contributed by atoms with E-state index in [1.807, 2.05) is 18.2 Å². The van der Waals surface area contributed by atoms with Crippen LogP contribution >= 0.6 is 0 Å². The molecule has 0 bridgehead atoms. The largest absolute Gasteiger partial charge is 0.510 e. The zero-order valence-electron chi connectivity index (χ0n) is 36.0. The van der Waals surface area contributed by atoms with E-state index >= 15 is 0 Å². The average Bonchev–Trinajstić information content (AvgIpc) is 3.86. The second-order valence-corrected chi connectivity index (χ2v) is 20.2. The number of nitrogens with zero attached hydrogens (tertiary/aromatic N) is 5. The first-order valence-corrected chi connectivity index (χ1v) is 20.2. The number of rotatable bonds is 3. The van der Waals surface area contributed by atoms with Gasteiger partial charge in [0, 0.05) is 38.0 Å². The van der Waals surface area contributed by atoms with Crippen molar-refractivity contribution in [3.05, 3.63) is 148 Å². The summed E-state index contributed by atoms with van der Waals surface area (Å²) in [6.07, 6.45) is 7.00. The number of para-hydroxylation sites is 1. The molecule has 2 aromatic heterocycles. The molecule has 0 radical (unpaired) electrons. The minimum atomic E-state index is -0.667. The van der Waals surface area contributed by atoms with Gasteiger partial charge in [-0.05, 0) is 77.4 Å². The number of hydrogen-bond acceptors (Lipinski definition) is 3. The van der Waals surface area contributed by atoms with Crippen LogP contribution in [0.4, 0.5) is 0 Å². The van der Waals surface area contributed by atoms with Crippen LogP contribution < -0.4 is 9.30 Å². The normalized spacial score (nSPS) is 14.3. The van der Waals surface area contributed by atoms with Gasteiger partial charge in [-0.15, -0.1) is 35.9 Å². The summed E-state index contributed by atoms with van der Waals surface area (Å²) >= 11 is 0. The fourth-order valence-corrected chi connectivity index (χ4v) is 9.20. The molecule has 7 aromatic rings. The smallest absolute Gasteiger partial charge is 0.242 e. The second kappa shape index (κ2) is 13.1. The molecule has 300 valence electrons. The minimum Gasteiger partial charge on any atom is -0.510 e. The zero-order valence-corrected chi connectivity index (χ0v) is 38.3. The number of hydrogen-bond donors (Lipinski definition) is 0. The third-order valence-corrected chi connectivity index (χ3v) is 12.1. The SMILES string of the molecule is C[n+]1[c-]n2c3c(cccc31)C1(c3ccc(Oc4[c-]c(-n5nccn5)ccc4)[c-]c3-2)c2c(cc(C(C)(C)C)cc2C(C)(C)C)-c2cc(C(C)(C)C)cc(C(C)(C)C)c21.[Pt]. The van der Waals surface area contributed by atoms with Crippen molar-refractivity contribution in [1.82, 2.24) is 19.6 Å². The van der Waals surface area contributed by atoms with Crippen LogP contribution in [-0.4, -0.2) is 19.6 Å². The maximum absolute atomic E-state index is 6.61. The Balaban J connectivity index is 0.00000469. The summed E-state index contributed by atoms with van der Waals surface area (Å²) in [6.45, 7) is 28.3. The van der Waals surface area contributed by atoms with Crippen molar-refractivity contribution in [1.29, 1.82) is 0 Å². The number of aryl methyl sites for hydroxylation is 1. The number of aromatic nitrogens is 5. The maximum atomic E-state index is 6.61. The Morgan fingerprint density at radius 3 is 1.72 bits per heavy atom. The van der Waals surface area contributed by atoms with Crippen LogP contribution in [0.3, 0.4) is 0 Å². The van der Waals surface area contributed by atoms with E-state index in [4.69, 9.17) is 4.74 Å². The summed E-state index contributed by atoms with van der Waals surface area (Å²) in [4.78, 5) is 1.54. The van der Waals surface area contributed by atoms with Gasteiger partial charge in [0.2, 0.25) is 6.33 Å². The molecular formula is C51H53N5OPt-2. The molecule has 1 aliphatic carbocycles. The molecule has 1 aliphatic heterocycles. The molecule has 0 saturated carbocycles. The first kappa shape index (κ1) is 40.0. The van der Waals surface area contributed by atoms with Crippen molar-refractivity contribution in [3.8, 4) is 34.0 Å². The van der Waals surface area contributed by atoms with Gasteiger partial charge >= 0.3 is 0 Å². The van der Waals surface area contributed by atoms with Gasteiger partial charge in [0.15, 0.2) is 0 Å². The molecule has 5 aromatic carbocycles. The Hall–Kier alpha value is -4.80. The second-order valence-electron chi connectivity index (χ2n) is 20.2. The molecule has 6 nitrogen and oxygen atoms in total. The van der Waals surface area contributed by atoms with Gasteiger partial charge in [0.25, 0.3) is 0 Å². The monoisotopic (exact) mass is 946 g/mol. The molecule has 3 heterocycles. The molecule has 0 fully saturated rings. The molecule has 7 heteroatoms. The van der Waals surface area contributed by atoms with Gasteiger partial charge in [-0.3, -0.25) is 0 Å². The fourth-order valence-electron chi connectivity index (χ4n) is 9.20. The molecule has 2 aliphatic rings. The Bertz CT molecular complexity index is 2680. The molecule has 0 amide bonds. The van der Waals surface area contributed by atoms with E-state index in [0.717, 1.165) is 16.7 Å². The molecule has 1 spiro atoms. The summed E-state index contributed by atoms with van der Waals surface area (Å²) < 4.78 is 10.9. The summed E-state index contributed by atoms with van der Waals surface area (Å²) in [6, 6.07) is 34.2. The van der Waals surface area contributed by atoms with Crippen molar-refractivity contribution in [2.45, 2.75) is 110 Å². The quantitative estimate of drug-likeness (QED) is 0.131. The van der Waals surface area contributed by atoms with E-state index in [1.54, 1.807) is 17.2 Å². The van der Waals surface area contributed by atoms with Crippen LogP contribution in [0.1, 0.15) is 128 Å². The molecule has 0 N–H and O–H groups in total. The van der Waals surface area contributed by atoms with E-state index in [9.17, 15) is 0 Å².